The van der Waals surface area contributed by atoms with Gasteiger partial charge in [-0.25, -0.2) is 0 Å². The van der Waals surface area contributed by atoms with Gasteiger partial charge in [0, 0.05) is 5.56 Å². The largest absolute Gasteiger partial charge is 0.435 e. The maximum atomic E-state index is 13.6. The number of rotatable bonds is 2. The lowest BCUT2D eigenvalue weighted by atomic mass is 10.0. The van der Waals surface area contributed by atoms with Crippen molar-refractivity contribution in [1.29, 1.82) is 0 Å². The molecule has 3 rings (SSSR count). The molecule has 0 bridgehead atoms. The maximum Gasteiger partial charge on any atom is 0.435 e. The molecule has 110 valence electrons. The van der Waals surface area contributed by atoms with Crippen molar-refractivity contribution in [3.05, 3.63) is 71.8 Å². The van der Waals surface area contributed by atoms with Gasteiger partial charge in [-0.1, -0.05) is 60.7 Å². The van der Waals surface area contributed by atoms with Gasteiger partial charge in [-0.3, -0.25) is 5.32 Å². The first-order valence-corrected chi connectivity index (χ1v) is 6.62. The number of alkyl halides is 3. The summed E-state index contributed by atoms with van der Waals surface area (Å²) in [5.74, 6) is 0. The highest BCUT2D eigenvalue weighted by atomic mass is 19.4. The van der Waals surface area contributed by atoms with E-state index in [1.165, 1.54) is 12.1 Å². The van der Waals surface area contributed by atoms with Crippen molar-refractivity contribution in [1.82, 2.24) is 5.32 Å². The summed E-state index contributed by atoms with van der Waals surface area (Å²) >= 11 is 0. The van der Waals surface area contributed by atoms with Crippen LogP contribution in [0.1, 0.15) is 17.2 Å². The van der Waals surface area contributed by atoms with Crippen molar-refractivity contribution in [2.24, 2.45) is 0 Å². The van der Waals surface area contributed by atoms with E-state index in [0.717, 1.165) is 5.56 Å². The van der Waals surface area contributed by atoms with Crippen molar-refractivity contribution in [3.8, 4) is 0 Å². The lowest BCUT2D eigenvalue weighted by Gasteiger charge is -2.31. The van der Waals surface area contributed by atoms with Crippen molar-refractivity contribution < 1.29 is 17.9 Å². The summed E-state index contributed by atoms with van der Waals surface area (Å²) in [5, 5.41) is 2.63. The Labute approximate surface area is 120 Å². The number of halogens is 3. The van der Waals surface area contributed by atoms with Crippen LogP contribution in [0, 0.1) is 0 Å². The van der Waals surface area contributed by atoms with Gasteiger partial charge in [0.05, 0.1) is 12.6 Å². The van der Waals surface area contributed by atoms with E-state index in [1.54, 1.807) is 42.5 Å². The molecule has 0 aromatic heterocycles. The first-order valence-electron chi connectivity index (χ1n) is 6.62. The van der Waals surface area contributed by atoms with E-state index in [1.807, 2.05) is 6.07 Å². The molecule has 1 fully saturated rings. The van der Waals surface area contributed by atoms with Gasteiger partial charge in [-0.2, -0.15) is 13.2 Å². The lowest BCUT2D eigenvalue weighted by Crippen LogP contribution is -2.51. The van der Waals surface area contributed by atoms with Crippen molar-refractivity contribution in [2.75, 3.05) is 6.61 Å². The van der Waals surface area contributed by atoms with Gasteiger partial charge < -0.3 is 4.74 Å². The molecule has 0 saturated carbocycles. The molecule has 5 heteroatoms. The summed E-state index contributed by atoms with van der Waals surface area (Å²) in [4.78, 5) is 0. The van der Waals surface area contributed by atoms with Crippen LogP contribution in [-0.2, 0) is 10.5 Å². The van der Waals surface area contributed by atoms with Crippen LogP contribution in [0.5, 0.6) is 0 Å². The van der Waals surface area contributed by atoms with Crippen molar-refractivity contribution >= 4 is 0 Å². The molecule has 1 saturated heterocycles. The minimum Gasteiger partial charge on any atom is -0.346 e. The monoisotopic (exact) mass is 293 g/mol. The summed E-state index contributed by atoms with van der Waals surface area (Å²) in [7, 11) is 0. The molecule has 1 N–H and O–H groups in total. The van der Waals surface area contributed by atoms with Crippen LogP contribution in [0.25, 0.3) is 0 Å². The molecule has 1 aliphatic heterocycles. The number of hydrogen-bond acceptors (Lipinski definition) is 2. The first kappa shape index (κ1) is 14.1. The molecule has 2 aromatic carbocycles. The van der Waals surface area contributed by atoms with Crippen LogP contribution in [0.15, 0.2) is 60.7 Å². The van der Waals surface area contributed by atoms with E-state index in [9.17, 15) is 13.2 Å². The summed E-state index contributed by atoms with van der Waals surface area (Å²) in [6.45, 7) is -0.0293. The predicted molar refractivity (Wildman–Crippen MR) is 72.4 cm³/mol. The third-order valence-electron chi connectivity index (χ3n) is 3.63. The first-order chi connectivity index (χ1) is 10.0. The Balaban J connectivity index is 1.98. The standard InChI is InChI=1S/C16H14F3NO/c17-16(18,19)15(13-9-5-2-6-10-13)20-14(11-21-15)12-7-3-1-4-8-12/h1-10,14,20H,11H2/t14-,15-/m0/s1. The van der Waals surface area contributed by atoms with Crippen LogP contribution < -0.4 is 5.32 Å². The van der Waals surface area contributed by atoms with Crippen LogP contribution in [0.2, 0.25) is 0 Å². The van der Waals surface area contributed by atoms with Gasteiger partial charge in [-0.15, -0.1) is 0 Å². The molecule has 0 spiro atoms. The smallest absolute Gasteiger partial charge is 0.346 e. The quantitative estimate of drug-likeness (QED) is 0.910. The van der Waals surface area contributed by atoms with E-state index in [4.69, 9.17) is 4.74 Å². The normalized spacial score (nSPS) is 26.0. The van der Waals surface area contributed by atoms with Crippen LogP contribution >= 0.6 is 0 Å². The Bertz CT molecular complexity index is 600. The summed E-state index contributed by atoms with van der Waals surface area (Å²) in [6, 6.07) is 16.2. The Morgan fingerprint density at radius 1 is 0.952 bits per heavy atom. The molecule has 0 unspecified atom stereocenters. The highest BCUT2D eigenvalue weighted by Crippen LogP contribution is 2.45. The van der Waals surface area contributed by atoms with Crippen LogP contribution in [0.3, 0.4) is 0 Å². The zero-order chi connectivity index (χ0) is 14.9. The Morgan fingerprint density at radius 2 is 1.52 bits per heavy atom. The molecule has 0 radical (unpaired) electrons. The number of nitrogens with one attached hydrogen (secondary N) is 1. The third kappa shape index (κ3) is 2.43. The van der Waals surface area contributed by atoms with Gasteiger partial charge >= 0.3 is 6.18 Å². The van der Waals surface area contributed by atoms with E-state index < -0.39 is 17.9 Å². The Hall–Kier alpha value is -1.85. The molecule has 0 aliphatic carbocycles. The average molecular weight is 293 g/mol. The fourth-order valence-electron chi connectivity index (χ4n) is 2.57. The number of hydrogen-bond donors (Lipinski definition) is 1. The van der Waals surface area contributed by atoms with E-state index in [0.29, 0.717) is 0 Å². The second-order valence-electron chi connectivity index (χ2n) is 4.96. The minimum atomic E-state index is -4.54. The van der Waals surface area contributed by atoms with Crippen molar-refractivity contribution in [2.45, 2.75) is 17.9 Å². The van der Waals surface area contributed by atoms with E-state index in [2.05, 4.69) is 5.32 Å². The summed E-state index contributed by atoms with van der Waals surface area (Å²) < 4.78 is 46.0. The molecule has 2 nitrogen and oxygen atoms in total. The second kappa shape index (κ2) is 5.16. The SMILES string of the molecule is FC(F)(F)[C@@]1(c2ccccc2)N[C@H](c2ccccc2)CO1. The van der Waals surface area contributed by atoms with Gasteiger partial charge in [0.2, 0.25) is 5.72 Å². The predicted octanol–water partition coefficient (Wildman–Crippen LogP) is 3.76. The van der Waals surface area contributed by atoms with Crippen molar-refractivity contribution in [3.63, 3.8) is 0 Å². The van der Waals surface area contributed by atoms with Gasteiger partial charge in [-0.05, 0) is 5.56 Å². The molecule has 1 heterocycles. The number of ether oxygens (including phenoxy) is 1. The van der Waals surface area contributed by atoms with Gasteiger partial charge in [0.25, 0.3) is 0 Å². The topological polar surface area (TPSA) is 21.3 Å². The Kier molecular flexibility index (Phi) is 3.47. The highest BCUT2D eigenvalue weighted by molar-refractivity contribution is 5.28. The molecule has 21 heavy (non-hydrogen) atoms. The van der Waals surface area contributed by atoms with Gasteiger partial charge in [0.1, 0.15) is 0 Å². The molecule has 2 atom stereocenters. The summed E-state index contributed by atoms with van der Waals surface area (Å²) in [6.07, 6.45) is -4.54. The van der Waals surface area contributed by atoms with Crippen LogP contribution in [-0.4, -0.2) is 12.8 Å². The number of benzene rings is 2. The molecule has 2 aromatic rings. The Morgan fingerprint density at radius 3 is 2.10 bits per heavy atom. The van der Waals surface area contributed by atoms with E-state index >= 15 is 0 Å². The average Bonchev–Trinajstić information content (AvgIpc) is 2.95. The molecule has 0 amide bonds. The molecular formula is C16H14F3NO. The minimum absolute atomic E-state index is 0.0293. The molecule has 1 aliphatic rings. The fourth-order valence-corrected chi connectivity index (χ4v) is 2.57. The zero-order valence-corrected chi connectivity index (χ0v) is 11.1. The molecular weight excluding hydrogens is 279 g/mol. The lowest BCUT2D eigenvalue weighted by molar-refractivity contribution is -0.278. The summed E-state index contributed by atoms with van der Waals surface area (Å²) in [5.41, 5.74) is -1.61. The fraction of sp³-hybridized carbons (Fsp3) is 0.250. The second-order valence-corrected chi connectivity index (χ2v) is 4.96. The van der Waals surface area contributed by atoms with E-state index in [-0.39, 0.29) is 12.2 Å². The highest BCUT2D eigenvalue weighted by Gasteiger charge is 2.61. The zero-order valence-electron chi connectivity index (χ0n) is 11.1. The van der Waals surface area contributed by atoms with Gasteiger partial charge in [0.15, 0.2) is 0 Å². The third-order valence-corrected chi connectivity index (χ3v) is 3.63. The maximum absolute atomic E-state index is 13.6. The van der Waals surface area contributed by atoms with Crippen LogP contribution in [0.4, 0.5) is 13.2 Å².